The molecule has 3 rings (SSSR count). The molecule has 3 heterocycles. The quantitative estimate of drug-likeness (QED) is 0.820. The topological polar surface area (TPSA) is 42.2 Å². The van der Waals surface area contributed by atoms with Crippen molar-refractivity contribution in [3.05, 3.63) is 29.7 Å². The minimum atomic E-state index is 0.741. The third kappa shape index (κ3) is 1.69. The van der Waals surface area contributed by atoms with Crippen LogP contribution in [-0.2, 0) is 6.42 Å². The Balaban J connectivity index is 1.90. The number of nitrogens with one attached hydrogen (secondary N) is 1. The van der Waals surface area contributed by atoms with Gasteiger partial charge in [0.15, 0.2) is 5.65 Å². The zero-order valence-corrected chi connectivity index (χ0v) is 9.48. The molecule has 84 valence electrons. The van der Waals surface area contributed by atoms with Gasteiger partial charge in [-0.15, -0.1) is 0 Å². The van der Waals surface area contributed by atoms with Gasteiger partial charge >= 0.3 is 0 Å². The highest BCUT2D eigenvalue weighted by molar-refractivity contribution is 5.40. The summed E-state index contributed by atoms with van der Waals surface area (Å²) in [5, 5.41) is 7.99. The van der Waals surface area contributed by atoms with Crippen LogP contribution in [-0.4, -0.2) is 27.7 Å². The lowest BCUT2D eigenvalue weighted by Crippen LogP contribution is -2.11. The fraction of sp³-hybridized carbons (Fsp3) is 0.500. The molecular weight excluding hydrogens is 200 g/mol. The molecule has 0 spiro atoms. The van der Waals surface area contributed by atoms with Crippen molar-refractivity contribution in [2.45, 2.75) is 19.8 Å². The number of fused-ring (bicyclic) bond motifs is 1. The fourth-order valence-corrected chi connectivity index (χ4v) is 2.35. The third-order valence-electron chi connectivity index (χ3n) is 3.26. The average molecular weight is 216 g/mol. The zero-order valence-electron chi connectivity index (χ0n) is 9.48. The Morgan fingerprint density at radius 1 is 1.56 bits per heavy atom. The molecule has 0 aliphatic carbocycles. The van der Waals surface area contributed by atoms with Crippen LogP contribution in [0.25, 0.3) is 5.65 Å². The van der Waals surface area contributed by atoms with Crippen LogP contribution in [0.15, 0.2) is 18.3 Å². The van der Waals surface area contributed by atoms with Gasteiger partial charge in [-0.25, -0.2) is 9.50 Å². The van der Waals surface area contributed by atoms with Crippen molar-refractivity contribution in [2.75, 3.05) is 13.1 Å². The Morgan fingerprint density at radius 2 is 2.50 bits per heavy atom. The van der Waals surface area contributed by atoms with Crippen molar-refractivity contribution in [2.24, 2.45) is 5.92 Å². The second-order valence-electron chi connectivity index (χ2n) is 4.55. The Kier molecular flexibility index (Phi) is 2.36. The minimum absolute atomic E-state index is 0.741. The van der Waals surface area contributed by atoms with Crippen LogP contribution in [0.2, 0.25) is 0 Å². The maximum atomic E-state index is 4.60. The molecule has 0 aromatic carbocycles. The molecule has 1 unspecified atom stereocenters. The Hall–Kier alpha value is -1.42. The van der Waals surface area contributed by atoms with Crippen molar-refractivity contribution >= 4 is 5.65 Å². The molecule has 1 aliphatic heterocycles. The highest BCUT2D eigenvalue weighted by atomic mass is 15.3. The summed E-state index contributed by atoms with van der Waals surface area (Å²) in [6.45, 7) is 4.33. The summed E-state index contributed by atoms with van der Waals surface area (Å²) < 4.78 is 1.93. The first-order chi connectivity index (χ1) is 7.83. The molecule has 2 aromatic heterocycles. The lowest BCUT2D eigenvalue weighted by Gasteiger charge is -2.03. The molecule has 1 saturated heterocycles. The number of hydrogen-bond donors (Lipinski definition) is 1. The van der Waals surface area contributed by atoms with Crippen molar-refractivity contribution in [3.8, 4) is 0 Å². The molecule has 1 atom stereocenters. The zero-order chi connectivity index (χ0) is 11.0. The van der Waals surface area contributed by atoms with E-state index in [9.17, 15) is 0 Å². The molecule has 0 radical (unpaired) electrons. The summed E-state index contributed by atoms with van der Waals surface area (Å²) in [7, 11) is 0. The second kappa shape index (κ2) is 3.87. The Labute approximate surface area is 94.7 Å². The van der Waals surface area contributed by atoms with E-state index in [1.807, 2.05) is 16.8 Å². The predicted octanol–water partition coefficient (Wildman–Crippen LogP) is 1.19. The summed E-state index contributed by atoms with van der Waals surface area (Å²) in [6, 6.07) is 4.09. The standard InChI is InChI=1S/C12H16N4/c1-9-2-5-14-12-7-11(15-16(9)12)6-10-3-4-13-8-10/h2,5,7,10,13H,3-4,6,8H2,1H3. The summed E-state index contributed by atoms with van der Waals surface area (Å²) in [5.74, 6) is 0.741. The molecule has 2 aromatic rings. The summed E-state index contributed by atoms with van der Waals surface area (Å²) in [4.78, 5) is 4.32. The lowest BCUT2D eigenvalue weighted by molar-refractivity contribution is 0.568. The minimum Gasteiger partial charge on any atom is -0.316 e. The predicted molar refractivity (Wildman–Crippen MR) is 62.4 cm³/mol. The normalized spacial score (nSPS) is 20.7. The van der Waals surface area contributed by atoms with Gasteiger partial charge in [0, 0.05) is 18.0 Å². The number of hydrogen-bond acceptors (Lipinski definition) is 3. The van der Waals surface area contributed by atoms with Crippen molar-refractivity contribution in [1.29, 1.82) is 0 Å². The van der Waals surface area contributed by atoms with E-state index in [4.69, 9.17) is 0 Å². The van der Waals surface area contributed by atoms with E-state index in [-0.39, 0.29) is 0 Å². The highest BCUT2D eigenvalue weighted by Crippen LogP contribution is 2.15. The molecule has 4 nitrogen and oxygen atoms in total. The van der Waals surface area contributed by atoms with Crippen molar-refractivity contribution < 1.29 is 0 Å². The van der Waals surface area contributed by atoms with Crippen LogP contribution in [0.3, 0.4) is 0 Å². The van der Waals surface area contributed by atoms with Gasteiger partial charge in [0.2, 0.25) is 0 Å². The third-order valence-corrected chi connectivity index (χ3v) is 3.26. The van der Waals surface area contributed by atoms with E-state index >= 15 is 0 Å². The van der Waals surface area contributed by atoms with Crippen LogP contribution in [0.5, 0.6) is 0 Å². The van der Waals surface area contributed by atoms with Gasteiger partial charge in [-0.1, -0.05) is 0 Å². The van der Waals surface area contributed by atoms with Crippen molar-refractivity contribution in [1.82, 2.24) is 19.9 Å². The SMILES string of the molecule is Cc1ccnc2cc(CC3CCNC3)nn12. The molecule has 1 N–H and O–H groups in total. The van der Waals surface area contributed by atoms with E-state index in [0.717, 1.165) is 42.5 Å². The van der Waals surface area contributed by atoms with Gasteiger partial charge in [-0.3, -0.25) is 0 Å². The first-order valence-corrected chi connectivity index (χ1v) is 5.84. The van der Waals surface area contributed by atoms with Crippen LogP contribution in [0, 0.1) is 12.8 Å². The maximum absolute atomic E-state index is 4.60. The monoisotopic (exact) mass is 216 g/mol. The molecule has 1 aliphatic rings. The van der Waals surface area contributed by atoms with Gasteiger partial charge in [0.1, 0.15) is 0 Å². The second-order valence-corrected chi connectivity index (χ2v) is 4.55. The van der Waals surface area contributed by atoms with Gasteiger partial charge in [0.05, 0.1) is 5.69 Å². The van der Waals surface area contributed by atoms with Crippen molar-refractivity contribution in [3.63, 3.8) is 0 Å². The molecule has 0 saturated carbocycles. The van der Waals surface area contributed by atoms with E-state index < -0.39 is 0 Å². The number of aryl methyl sites for hydroxylation is 1. The van der Waals surface area contributed by atoms with Gasteiger partial charge < -0.3 is 5.32 Å². The first-order valence-electron chi connectivity index (χ1n) is 5.84. The molecule has 0 bridgehead atoms. The highest BCUT2D eigenvalue weighted by Gasteiger charge is 2.16. The van der Waals surface area contributed by atoms with Crippen LogP contribution in [0.1, 0.15) is 17.8 Å². The van der Waals surface area contributed by atoms with Crippen LogP contribution in [0.4, 0.5) is 0 Å². The number of aromatic nitrogens is 3. The van der Waals surface area contributed by atoms with E-state index in [1.165, 1.54) is 6.42 Å². The largest absolute Gasteiger partial charge is 0.316 e. The smallest absolute Gasteiger partial charge is 0.155 e. The molecule has 0 amide bonds. The van der Waals surface area contributed by atoms with Gasteiger partial charge in [0.25, 0.3) is 0 Å². The maximum Gasteiger partial charge on any atom is 0.155 e. The summed E-state index contributed by atoms with van der Waals surface area (Å²) >= 11 is 0. The average Bonchev–Trinajstić information content (AvgIpc) is 2.88. The van der Waals surface area contributed by atoms with E-state index in [1.54, 1.807) is 0 Å². The van der Waals surface area contributed by atoms with Gasteiger partial charge in [-0.2, -0.15) is 5.10 Å². The fourth-order valence-electron chi connectivity index (χ4n) is 2.35. The summed E-state index contributed by atoms with van der Waals surface area (Å²) in [6.07, 6.45) is 4.17. The Morgan fingerprint density at radius 3 is 3.25 bits per heavy atom. The number of rotatable bonds is 2. The first kappa shape index (κ1) is 9.78. The molecule has 4 heteroatoms. The van der Waals surface area contributed by atoms with E-state index in [2.05, 4.69) is 28.4 Å². The molecule has 16 heavy (non-hydrogen) atoms. The van der Waals surface area contributed by atoms with Crippen LogP contribution < -0.4 is 5.32 Å². The number of nitrogens with zero attached hydrogens (tertiary/aromatic N) is 3. The van der Waals surface area contributed by atoms with E-state index in [0.29, 0.717) is 0 Å². The van der Waals surface area contributed by atoms with Gasteiger partial charge in [-0.05, 0) is 44.8 Å². The molecular formula is C12H16N4. The lowest BCUT2D eigenvalue weighted by atomic mass is 10.0. The Bertz CT molecular complexity index is 497. The van der Waals surface area contributed by atoms with Crippen LogP contribution >= 0.6 is 0 Å². The molecule has 1 fully saturated rings. The summed E-state index contributed by atoms with van der Waals surface area (Å²) in [5.41, 5.74) is 3.26.